The third kappa shape index (κ3) is 4.29. The molecular weight excluding hydrogens is 260 g/mol. The average molecular weight is 280 g/mol. The Morgan fingerprint density at radius 1 is 1.42 bits per heavy atom. The van der Waals surface area contributed by atoms with Crippen LogP contribution < -0.4 is 5.73 Å². The van der Waals surface area contributed by atoms with Gasteiger partial charge in [0.15, 0.2) is 0 Å². The Morgan fingerprint density at radius 2 is 2.05 bits per heavy atom. The number of ether oxygens (including phenoxy) is 1. The Morgan fingerprint density at radius 3 is 2.53 bits per heavy atom. The minimum atomic E-state index is -0.562. The van der Waals surface area contributed by atoms with Crippen LogP contribution in [0.1, 0.15) is 18.4 Å². The van der Waals surface area contributed by atoms with E-state index in [4.69, 9.17) is 22.7 Å². The molecule has 0 saturated heterocycles. The van der Waals surface area contributed by atoms with Crippen molar-refractivity contribution in [2.24, 2.45) is 5.73 Å². The second-order valence-corrected chi connectivity index (χ2v) is 4.63. The molecule has 19 heavy (non-hydrogen) atoms. The third-order valence-corrected chi connectivity index (χ3v) is 3.16. The fraction of sp³-hybridized carbons (Fsp3) is 0.429. The number of carbonyl (C=O) groups excluding carboxylic acids is 1. The molecule has 0 aliphatic carbocycles. The van der Waals surface area contributed by atoms with E-state index in [9.17, 15) is 4.79 Å². The summed E-state index contributed by atoms with van der Waals surface area (Å²) in [5.74, 6) is -0.633. The number of rotatable bonds is 7. The number of amides is 1. The predicted molar refractivity (Wildman–Crippen MR) is 80.1 cm³/mol. The summed E-state index contributed by atoms with van der Waals surface area (Å²) in [6, 6.07) is 9.38. The van der Waals surface area contributed by atoms with Gasteiger partial charge >= 0.3 is 0 Å². The molecule has 1 atom stereocenters. The van der Waals surface area contributed by atoms with Crippen molar-refractivity contribution in [3.8, 4) is 0 Å². The first-order chi connectivity index (χ1) is 9.11. The van der Waals surface area contributed by atoms with Crippen LogP contribution in [0.2, 0.25) is 0 Å². The van der Waals surface area contributed by atoms with E-state index < -0.39 is 5.92 Å². The predicted octanol–water partition coefficient (Wildman–Crippen LogP) is 1.55. The van der Waals surface area contributed by atoms with Crippen molar-refractivity contribution >= 4 is 23.1 Å². The Kier molecular flexibility index (Phi) is 6.45. The maximum absolute atomic E-state index is 12.5. The molecule has 0 radical (unpaired) electrons. The minimum absolute atomic E-state index is 0.0711. The van der Waals surface area contributed by atoms with Gasteiger partial charge in [0.05, 0.1) is 11.6 Å². The first-order valence-electron chi connectivity index (χ1n) is 6.23. The van der Waals surface area contributed by atoms with Gasteiger partial charge in [0.2, 0.25) is 5.91 Å². The lowest BCUT2D eigenvalue weighted by Gasteiger charge is -2.25. The first kappa shape index (κ1) is 15.6. The van der Waals surface area contributed by atoms with Crippen LogP contribution in [-0.2, 0) is 9.53 Å². The number of methoxy groups -OCH3 is 1. The molecule has 0 aromatic heterocycles. The monoisotopic (exact) mass is 280 g/mol. The van der Waals surface area contributed by atoms with Gasteiger partial charge in [-0.25, -0.2) is 0 Å². The van der Waals surface area contributed by atoms with E-state index in [0.717, 1.165) is 5.56 Å². The summed E-state index contributed by atoms with van der Waals surface area (Å²) in [6.07, 6.45) is 0. The zero-order valence-electron chi connectivity index (χ0n) is 11.3. The number of likely N-dealkylation sites (N-methyl/N-ethyl adjacent to an activating group) is 1. The van der Waals surface area contributed by atoms with Gasteiger partial charge in [-0.3, -0.25) is 4.79 Å². The molecule has 2 N–H and O–H groups in total. The summed E-state index contributed by atoms with van der Waals surface area (Å²) in [5, 5.41) is 0. The van der Waals surface area contributed by atoms with Crippen molar-refractivity contribution < 1.29 is 9.53 Å². The number of thiocarbonyl (C=S) groups is 1. The van der Waals surface area contributed by atoms with Crippen molar-refractivity contribution in [1.29, 1.82) is 0 Å². The highest BCUT2D eigenvalue weighted by Crippen LogP contribution is 2.19. The molecule has 0 aliphatic heterocycles. The normalized spacial score (nSPS) is 11.9. The van der Waals surface area contributed by atoms with E-state index in [1.807, 2.05) is 37.3 Å². The molecule has 1 amide bonds. The molecule has 0 saturated carbocycles. The van der Waals surface area contributed by atoms with Gasteiger partial charge in [-0.1, -0.05) is 42.5 Å². The molecule has 0 fully saturated rings. The maximum atomic E-state index is 12.5. The topological polar surface area (TPSA) is 55.6 Å². The van der Waals surface area contributed by atoms with Crippen LogP contribution in [0.4, 0.5) is 0 Å². The molecule has 0 bridgehead atoms. The molecule has 4 nitrogen and oxygen atoms in total. The number of nitrogens with zero attached hydrogens (tertiary/aromatic N) is 1. The van der Waals surface area contributed by atoms with Crippen LogP contribution in [0.25, 0.3) is 0 Å². The van der Waals surface area contributed by atoms with Crippen LogP contribution in [0.15, 0.2) is 30.3 Å². The van der Waals surface area contributed by atoms with Crippen molar-refractivity contribution in [3.63, 3.8) is 0 Å². The molecule has 1 aromatic carbocycles. The van der Waals surface area contributed by atoms with Crippen LogP contribution in [0.5, 0.6) is 0 Å². The van der Waals surface area contributed by atoms with E-state index in [1.54, 1.807) is 12.0 Å². The third-order valence-electron chi connectivity index (χ3n) is 2.92. The Balaban J connectivity index is 2.93. The summed E-state index contributed by atoms with van der Waals surface area (Å²) >= 11 is 5.05. The van der Waals surface area contributed by atoms with Crippen molar-refractivity contribution in [2.45, 2.75) is 12.8 Å². The molecule has 0 aliphatic rings. The van der Waals surface area contributed by atoms with Crippen LogP contribution in [0.3, 0.4) is 0 Å². The van der Waals surface area contributed by atoms with E-state index in [-0.39, 0.29) is 10.9 Å². The number of hydrogen-bond acceptors (Lipinski definition) is 3. The smallest absolute Gasteiger partial charge is 0.237 e. The van der Waals surface area contributed by atoms with Crippen molar-refractivity contribution in [1.82, 2.24) is 4.90 Å². The summed E-state index contributed by atoms with van der Waals surface area (Å²) in [5.41, 5.74) is 6.57. The molecule has 5 heteroatoms. The van der Waals surface area contributed by atoms with Gasteiger partial charge in [0, 0.05) is 20.2 Å². The average Bonchev–Trinajstić information content (AvgIpc) is 2.40. The maximum Gasteiger partial charge on any atom is 0.237 e. The molecule has 0 spiro atoms. The highest BCUT2D eigenvalue weighted by molar-refractivity contribution is 7.80. The number of nitrogens with two attached hydrogens (primary N) is 1. The van der Waals surface area contributed by atoms with Crippen LogP contribution in [-0.4, -0.2) is 42.6 Å². The highest BCUT2D eigenvalue weighted by Gasteiger charge is 2.27. The summed E-state index contributed by atoms with van der Waals surface area (Å²) in [7, 11) is 1.61. The minimum Gasteiger partial charge on any atom is -0.392 e. The van der Waals surface area contributed by atoms with Gasteiger partial charge in [-0.2, -0.15) is 0 Å². The quantitative estimate of drug-likeness (QED) is 0.770. The van der Waals surface area contributed by atoms with Crippen molar-refractivity contribution in [2.75, 3.05) is 26.8 Å². The lowest BCUT2D eigenvalue weighted by molar-refractivity contribution is -0.131. The molecule has 1 rings (SSSR count). The van der Waals surface area contributed by atoms with Crippen LogP contribution >= 0.6 is 12.2 Å². The largest absolute Gasteiger partial charge is 0.392 e. The number of carbonyl (C=O) groups is 1. The Labute approximate surface area is 119 Å². The SMILES string of the molecule is CCN(CCOC)C(=O)C(C(N)=S)c1ccccc1. The van der Waals surface area contributed by atoms with E-state index in [2.05, 4.69) is 0 Å². The van der Waals surface area contributed by atoms with Crippen LogP contribution in [0, 0.1) is 0 Å². The molecule has 104 valence electrons. The van der Waals surface area contributed by atoms with Gasteiger partial charge in [-0.05, 0) is 12.5 Å². The molecular formula is C14H20N2O2S. The standard InChI is InChI=1S/C14H20N2O2S/c1-3-16(9-10-18-2)14(17)12(13(15)19)11-7-5-4-6-8-11/h4-8,12H,3,9-10H2,1-2H3,(H2,15,19). The fourth-order valence-electron chi connectivity index (χ4n) is 1.88. The lowest BCUT2D eigenvalue weighted by Crippen LogP contribution is -2.41. The zero-order chi connectivity index (χ0) is 14.3. The van der Waals surface area contributed by atoms with E-state index in [1.165, 1.54) is 0 Å². The summed E-state index contributed by atoms with van der Waals surface area (Å²) < 4.78 is 5.01. The molecule has 0 heterocycles. The lowest BCUT2D eigenvalue weighted by atomic mass is 9.97. The number of hydrogen-bond donors (Lipinski definition) is 1. The molecule has 1 unspecified atom stereocenters. The Hall–Kier alpha value is -1.46. The van der Waals surface area contributed by atoms with Gasteiger partial charge in [0.1, 0.15) is 5.92 Å². The van der Waals surface area contributed by atoms with Gasteiger partial charge < -0.3 is 15.4 Å². The zero-order valence-corrected chi connectivity index (χ0v) is 12.2. The second-order valence-electron chi connectivity index (χ2n) is 4.16. The summed E-state index contributed by atoms with van der Waals surface area (Å²) in [4.78, 5) is 14.4. The first-order valence-corrected chi connectivity index (χ1v) is 6.64. The Bertz CT molecular complexity index is 423. The highest BCUT2D eigenvalue weighted by atomic mass is 32.1. The molecule has 1 aromatic rings. The van der Waals surface area contributed by atoms with Crippen molar-refractivity contribution in [3.05, 3.63) is 35.9 Å². The summed E-state index contributed by atoms with van der Waals surface area (Å²) in [6.45, 7) is 3.57. The van der Waals surface area contributed by atoms with Gasteiger partial charge in [0.25, 0.3) is 0 Å². The van der Waals surface area contributed by atoms with E-state index >= 15 is 0 Å². The van der Waals surface area contributed by atoms with E-state index in [0.29, 0.717) is 19.7 Å². The second kappa shape index (κ2) is 7.86. The number of benzene rings is 1. The van der Waals surface area contributed by atoms with Gasteiger partial charge in [-0.15, -0.1) is 0 Å². The fourth-order valence-corrected chi connectivity index (χ4v) is 2.12.